The summed E-state index contributed by atoms with van der Waals surface area (Å²) in [6.45, 7) is 4.01. The average molecular weight is 310 g/mol. The van der Waals surface area contributed by atoms with Crippen LogP contribution < -0.4 is 0 Å². The molecule has 0 aromatic heterocycles. The van der Waals surface area contributed by atoms with E-state index >= 15 is 0 Å². The summed E-state index contributed by atoms with van der Waals surface area (Å²) in [6.07, 6.45) is 0.271. The number of rotatable bonds is 6. The highest BCUT2D eigenvalue weighted by molar-refractivity contribution is 5.16. The number of likely N-dealkylation sites (tertiary alicyclic amines) is 1. The molecule has 1 heterocycles. The molecule has 23 heavy (non-hydrogen) atoms. The number of methoxy groups -OCH3 is 1. The Morgan fingerprint density at radius 2 is 1.57 bits per heavy atom. The zero-order valence-corrected chi connectivity index (χ0v) is 14.1. The highest BCUT2D eigenvalue weighted by atomic mass is 16.5. The van der Waals surface area contributed by atoms with Gasteiger partial charge in [-0.05, 0) is 18.2 Å². The zero-order chi connectivity index (χ0) is 16.1. The largest absolute Gasteiger partial charge is 0.378 e. The van der Waals surface area contributed by atoms with Gasteiger partial charge in [-0.25, -0.2) is 0 Å². The van der Waals surface area contributed by atoms with Crippen LogP contribution in [-0.4, -0.2) is 49.2 Å². The molecule has 0 spiro atoms. The monoisotopic (exact) mass is 310 g/mol. The number of nitrogens with zero attached hydrogens (tertiary/aromatic N) is 2. The van der Waals surface area contributed by atoms with Crippen LogP contribution in [0.5, 0.6) is 0 Å². The van der Waals surface area contributed by atoms with E-state index in [0.29, 0.717) is 6.04 Å². The predicted molar refractivity (Wildman–Crippen MR) is 94.2 cm³/mol. The summed E-state index contributed by atoms with van der Waals surface area (Å²) in [5, 5.41) is 0. The first-order valence-corrected chi connectivity index (χ1v) is 8.29. The molecule has 3 heteroatoms. The van der Waals surface area contributed by atoms with E-state index in [1.165, 1.54) is 11.1 Å². The van der Waals surface area contributed by atoms with Gasteiger partial charge in [-0.15, -0.1) is 0 Å². The Hall–Kier alpha value is -1.68. The van der Waals surface area contributed by atoms with Crippen molar-refractivity contribution in [1.29, 1.82) is 0 Å². The second-order valence-corrected chi connectivity index (χ2v) is 6.42. The lowest BCUT2D eigenvalue weighted by Gasteiger charge is -2.28. The van der Waals surface area contributed by atoms with Crippen LogP contribution in [0.1, 0.15) is 11.1 Å². The number of likely N-dealkylation sites (N-methyl/N-ethyl adjacent to an activating group) is 1. The summed E-state index contributed by atoms with van der Waals surface area (Å²) in [5.41, 5.74) is 2.72. The van der Waals surface area contributed by atoms with Crippen molar-refractivity contribution in [2.45, 2.75) is 25.2 Å². The first-order valence-electron chi connectivity index (χ1n) is 8.29. The first-order chi connectivity index (χ1) is 11.3. The van der Waals surface area contributed by atoms with Crippen molar-refractivity contribution in [2.24, 2.45) is 0 Å². The maximum Gasteiger partial charge on any atom is 0.0865 e. The molecule has 0 aliphatic carbocycles. The lowest BCUT2D eigenvalue weighted by atomic mass is 10.1. The smallest absolute Gasteiger partial charge is 0.0865 e. The predicted octanol–water partition coefficient (Wildman–Crippen LogP) is 3.02. The summed E-state index contributed by atoms with van der Waals surface area (Å²) in [4.78, 5) is 4.92. The Morgan fingerprint density at radius 1 is 0.957 bits per heavy atom. The Labute approximate surface area is 139 Å². The second kappa shape index (κ2) is 7.73. The van der Waals surface area contributed by atoms with Crippen molar-refractivity contribution in [3.63, 3.8) is 0 Å². The van der Waals surface area contributed by atoms with Crippen LogP contribution in [0.2, 0.25) is 0 Å². The van der Waals surface area contributed by atoms with Gasteiger partial charge in [0.2, 0.25) is 0 Å². The van der Waals surface area contributed by atoms with Gasteiger partial charge in [0.25, 0.3) is 0 Å². The van der Waals surface area contributed by atoms with E-state index in [1.807, 2.05) is 7.11 Å². The maximum absolute atomic E-state index is 5.77. The Kier molecular flexibility index (Phi) is 5.44. The van der Waals surface area contributed by atoms with E-state index in [9.17, 15) is 0 Å². The number of ether oxygens (including phenoxy) is 1. The van der Waals surface area contributed by atoms with Crippen molar-refractivity contribution < 1.29 is 4.74 Å². The molecule has 0 N–H and O–H groups in total. The second-order valence-electron chi connectivity index (χ2n) is 6.42. The molecule has 0 saturated carbocycles. The highest BCUT2D eigenvalue weighted by Crippen LogP contribution is 2.21. The molecule has 0 unspecified atom stereocenters. The SMILES string of the molecule is CO[C@@H]1CN(Cc2ccccc2)C[C@@H]1N(C)Cc1ccccc1. The van der Waals surface area contributed by atoms with Gasteiger partial charge in [-0.2, -0.15) is 0 Å². The summed E-state index contributed by atoms with van der Waals surface area (Å²) in [6, 6.07) is 21.8. The minimum Gasteiger partial charge on any atom is -0.378 e. The minimum atomic E-state index is 0.271. The molecule has 1 aliphatic heterocycles. The topological polar surface area (TPSA) is 15.7 Å². The Morgan fingerprint density at radius 3 is 2.17 bits per heavy atom. The van der Waals surface area contributed by atoms with Crippen molar-refractivity contribution >= 4 is 0 Å². The molecule has 3 nitrogen and oxygen atoms in total. The molecule has 3 rings (SSSR count). The number of benzene rings is 2. The fourth-order valence-electron chi connectivity index (χ4n) is 3.45. The Bertz CT molecular complexity index is 587. The van der Waals surface area contributed by atoms with Gasteiger partial charge < -0.3 is 4.74 Å². The van der Waals surface area contributed by atoms with Gasteiger partial charge in [0.1, 0.15) is 0 Å². The molecule has 0 amide bonds. The van der Waals surface area contributed by atoms with E-state index in [2.05, 4.69) is 77.5 Å². The lowest BCUT2D eigenvalue weighted by Crippen LogP contribution is -2.41. The van der Waals surface area contributed by atoms with Gasteiger partial charge in [-0.1, -0.05) is 60.7 Å². The van der Waals surface area contributed by atoms with Crippen LogP contribution in [0.15, 0.2) is 60.7 Å². The van der Waals surface area contributed by atoms with Crippen molar-refractivity contribution in [3.8, 4) is 0 Å². The zero-order valence-electron chi connectivity index (χ0n) is 14.1. The van der Waals surface area contributed by atoms with Gasteiger partial charge in [0.15, 0.2) is 0 Å². The third-order valence-electron chi connectivity index (χ3n) is 4.71. The fraction of sp³-hybridized carbons (Fsp3) is 0.400. The normalized spacial score (nSPS) is 21.9. The standard InChI is InChI=1S/C20H26N2O/c1-21(13-17-9-5-3-6-10-17)19-15-22(16-20(19)23-2)14-18-11-7-4-8-12-18/h3-12,19-20H,13-16H2,1-2H3/t19-,20+/m0/s1. The van der Waals surface area contributed by atoms with Gasteiger partial charge in [0, 0.05) is 39.3 Å². The summed E-state index contributed by atoms with van der Waals surface area (Å²) >= 11 is 0. The minimum absolute atomic E-state index is 0.271. The molecular weight excluding hydrogens is 284 g/mol. The average Bonchev–Trinajstić information content (AvgIpc) is 3.00. The van der Waals surface area contributed by atoms with E-state index in [-0.39, 0.29) is 6.10 Å². The third-order valence-corrected chi connectivity index (χ3v) is 4.71. The first kappa shape index (κ1) is 16.2. The van der Waals surface area contributed by atoms with E-state index in [0.717, 1.165) is 26.2 Å². The van der Waals surface area contributed by atoms with Gasteiger partial charge >= 0.3 is 0 Å². The lowest BCUT2D eigenvalue weighted by molar-refractivity contribution is 0.0503. The molecule has 1 aliphatic rings. The van der Waals surface area contributed by atoms with Gasteiger partial charge in [0.05, 0.1) is 6.10 Å². The van der Waals surface area contributed by atoms with Crippen LogP contribution in [0.25, 0.3) is 0 Å². The van der Waals surface area contributed by atoms with Crippen molar-refractivity contribution in [1.82, 2.24) is 9.80 Å². The molecule has 2 atom stereocenters. The third kappa shape index (κ3) is 4.20. The van der Waals surface area contributed by atoms with E-state index < -0.39 is 0 Å². The number of hydrogen-bond donors (Lipinski definition) is 0. The van der Waals surface area contributed by atoms with Gasteiger partial charge in [-0.3, -0.25) is 9.80 Å². The molecular formula is C20H26N2O. The highest BCUT2D eigenvalue weighted by Gasteiger charge is 2.35. The quantitative estimate of drug-likeness (QED) is 0.816. The molecule has 0 bridgehead atoms. The van der Waals surface area contributed by atoms with Crippen molar-refractivity contribution in [2.75, 3.05) is 27.2 Å². The maximum atomic E-state index is 5.77. The Balaban J connectivity index is 1.62. The molecule has 1 saturated heterocycles. The summed E-state index contributed by atoms with van der Waals surface area (Å²) in [7, 11) is 4.04. The van der Waals surface area contributed by atoms with Crippen LogP contribution in [0.4, 0.5) is 0 Å². The van der Waals surface area contributed by atoms with Crippen LogP contribution in [-0.2, 0) is 17.8 Å². The summed E-state index contributed by atoms with van der Waals surface area (Å²) in [5.74, 6) is 0. The molecule has 2 aromatic rings. The van der Waals surface area contributed by atoms with Crippen LogP contribution >= 0.6 is 0 Å². The van der Waals surface area contributed by atoms with Crippen molar-refractivity contribution in [3.05, 3.63) is 71.8 Å². The van der Waals surface area contributed by atoms with E-state index in [4.69, 9.17) is 4.74 Å². The molecule has 2 aromatic carbocycles. The number of hydrogen-bond acceptors (Lipinski definition) is 3. The molecule has 1 fully saturated rings. The fourth-order valence-corrected chi connectivity index (χ4v) is 3.45. The van der Waals surface area contributed by atoms with E-state index in [1.54, 1.807) is 0 Å². The van der Waals surface area contributed by atoms with Crippen LogP contribution in [0, 0.1) is 0 Å². The molecule has 0 radical (unpaired) electrons. The van der Waals surface area contributed by atoms with Crippen LogP contribution in [0.3, 0.4) is 0 Å². The summed E-state index contributed by atoms with van der Waals surface area (Å²) < 4.78 is 5.77. The molecule has 122 valence electrons.